The molecule has 1 aromatic heterocycles. The van der Waals surface area contributed by atoms with Crippen molar-refractivity contribution in [3.8, 4) is 22.8 Å². The van der Waals surface area contributed by atoms with Crippen LogP contribution < -0.4 is 15.4 Å². The molecule has 1 spiro atoms. The van der Waals surface area contributed by atoms with E-state index in [4.69, 9.17) is 21.1 Å². The molecule has 10 rings (SSSR count). The average Bonchev–Trinajstić information content (AvgIpc) is 4.02. The van der Waals surface area contributed by atoms with E-state index in [1.807, 2.05) is 51.6 Å². The number of nitrogens with one attached hydrogen (secondary N) is 2. The molecular formula is C58H73ClF2N8O3. The van der Waals surface area contributed by atoms with Crippen LogP contribution in [0.1, 0.15) is 62.5 Å². The molecule has 7 unspecified atom stereocenters. The number of piperidine rings is 1. The highest BCUT2D eigenvalue weighted by atomic mass is 35.5. The summed E-state index contributed by atoms with van der Waals surface area (Å²) in [5, 5.41) is 8.96. The Balaban J connectivity index is 1.10. The minimum Gasteiger partial charge on any atom is -0.454 e. The van der Waals surface area contributed by atoms with Gasteiger partial charge < -0.3 is 29.6 Å². The summed E-state index contributed by atoms with van der Waals surface area (Å²) in [5.41, 5.74) is 2.59. The number of nitrogens with zero attached hydrogens (tertiary/aromatic N) is 6. The second-order valence-corrected chi connectivity index (χ2v) is 22.5. The topological polar surface area (TPSA) is 90.4 Å². The van der Waals surface area contributed by atoms with E-state index in [1.54, 1.807) is 19.2 Å². The molecule has 12 atom stereocenters. The predicted molar refractivity (Wildman–Crippen MR) is 280 cm³/mol. The maximum absolute atomic E-state index is 17.4. The zero-order valence-electron chi connectivity index (χ0n) is 43.4. The number of halogens is 3. The zero-order chi connectivity index (χ0) is 50.8. The summed E-state index contributed by atoms with van der Waals surface area (Å²) >= 11 is 6.39. The Hall–Kier alpha value is -4.57. The molecular weight excluding hydrogens is 930 g/mol. The second-order valence-electron chi connectivity index (χ2n) is 22.0. The van der Waals surface area contributed by atoms with Gasteiger partial charge in [-0.2, -0.15) is 0 Å². The number of hydrogen-bond donors (Lipinski definition) is 2. The van der Waals surface area contributed by atoms with Crippen molar-refractivity contribution in [3.63, 3.8) is 0 Å². The van der Waals surface area contributed by atoms with Crippen LogP contribution in [-0.4, -0.2) is 138 Å². The van der Waals surface area contributed by atoms with Crippen molar-refractivity contribution >= 4 is 17.4 Å². The van der Waals surface area contributed by atoms with E-state index in [0.717, 1.165) is 49.0 Å². The average molecular weight is 1000 g/mol. The molecule has 5 fully saturated rings. The first-order valence-electron chi connectivity index (χ1n) is 26.0. The van der Waals surface area contributed by atoms with Crippen LogP contribution in [0.5, 0.6) is 11.5 Å². The molecule has 0 radical (unpaired) electrons. The lowest BCUT2D eigenvalue weighted by Crippen LogP contribution is -2.73. The number of likely N-dealkylation sites (N-methyl/N-ethyl adjacent to an activating group) is 2. The first kappa shape index (κ1) is 50.9. The number of carbonyl (C=O) groups is 1. The van der Waals surface area contributed by atoms with E-state index in [2.05, 4.69) is 117 Å². The lowest BCUT2D eigenvalue weighted by atomic mass is 9.54. The van der Waals surface area contributed by atoms with E-state index in [0.29, 0.717) is 36.8 Å². The monoisotopic (exact) mass is 1000 g/mol. The number of imidazole rings is 1. The third kappa shape index (κ3) is 8.53. The molecule has 1 saturated carbocycles. The first-order chi connectivity index (χ1) is 34.6. The number of Topliss-reactive ketones (excluding diaryl/α,β-unsaturated/α-hetero) is 1. The standard InChI is InChI=1S/C58H73ClF2N8O3/c1-10-57-50-28-40(26-37-14-12-11-13-15-37)54(57)66(6)35(2)30-62-49-29-42(27-38-16-20-41(59)21-17-38)67(7)55-47(34-71-9)64-53(58(49,55)56(57)70)36(3)69(50)32-44-45(60)24-25-46(61)52(44)72-43-22-18-39(19-23-43)48-31-63-51(68(48)8)33-65(4)5/h11-25,31,35-36,40,42,47,49-50,53-55,62,64H,10,26-30,32-34H2,1-9H3/t35-,36-,40+,42-,47+,49?,50?,53?,54?,55?,57?,58?/m0/s1. The van der Waals surface area contributed by atoms with Crippen molar-refractivity contribution in [2.45, 2.75) is 120 Å². The number of carbonyl (C=O) groups excluding carboxylic acids is 1. The van der Waals surface area contributed by atoms with E-state index in [-0.39, 0.29) is 83.9 Å². The molecule has 2 bridgehead atoms. The molecule has 4 aromatic carbocycles. The van der Waals surface area contributed by atoms with Crippen molar-refractivity contribution < 1.29 is 23.0 Å². The van der Waals surface area contributed by atoms with Gasteiger partial charge in [-0.1, -0.05) is 61.0 Å². The van der Waals surface area contributed by atoms with Crippen molar-refractivity contribution in [1.29, 1.82) is 0 Å². The molecule has 0 amide bonds. The lowest BCUT2D eigenvalue weighted by Gasteiger charge is -2.57. The summed E-state index contributed by atoms with van der Waals surface area (Å²) in [5.74, 6) is 0.343. The molecule has 72 heavy (non-hydrogen) atoms. The largest absolute Gasteiger partial charge is 0.454 e. The van der Waals surface area contributed by atoms with Crippen LogP contribution in [0.4, 0.5) is 8.78 Å². The number of methoxy groups -OCH3 is 1. The molecule has 4 saturated heterocycles. The number of ether oxygens (including phenoxy) is 2. The number of rotatable bonds is 14. The van der Waals surface area contributed by atoms with Crippen molar-refractivity contribution in [1.82, 2.24) is 39.8 Å². The Morgan fingerprint density at radius 1 is 0.875 bits per heavy atom. The fourth-order valence-corrected chi connectivity index (χ4v) is 14.9. The predicted octanol–water partition coefficient (Wildman–Crippen LogP) is 8.62. The van der Waals surface area contributed by atoms with Gasteiger partial charge in [-0.25, -0.2) is 13.8 Å². The molecule has 14 heteroatoms. The fourth-order valence-electron chi connectivity index (χ4n) is 14.8. The Morgan fingerprint density at radius 3 is 2.28 bits per heavy atom. The van der Waals surface area contributed by atoms with E-state index < -0.39 is 22.5 Å². The number of aromatic nitrogens is 2. The van der Waals surface area contributed by atoms with Gasteiger partial charge in [0.05, 0.1) is 35.9 Å². The summed E-state index contributed by atoms with van der Waals surface area (Å²) in [6.45, 7) is 8.57. The van der Waals surface area contributed by atoms with Crippen molar-refractivity contribution in [2.75, 3.05) is 48.5 Å². The highest BCUT2D eigenvalue weighted by Gasteiger charge is 2.77. The van der Waals surface area contributed by atoms with Gasteiger partial charge in [0.2, 0.25) is 0 Å². The van der Waals surface area contributed by atoms with E-state index in [1.165, 1.54) is 17.2 Å². The van der Waals surface area contributed by atoms with Gasteiger partial charge in [0.1, 0.15) is 17.4 Å². The summed E-state index contributed by atoms with van der Waals surface area (Å²) < 4.78 is 48.4. The Labute approximate surface area is 430 Å². The van der Waals surface area contributed by atoms with Crippen LogP contribution in [0.2, 0.25) is 5.02 Å². The van der Waals surface area contributed by atoms with Crippen molar-refractivity contribution in [3.05, 3.63) is 136 Å². The summed E-state index contributed by atoms with van der Waals surface area (Å²) in [7, 11) is 12.2. The molecule has 1 aliphatic carbocycles. The van der Waals surface area contributed by atoms with E-state index >= 15 is 13.6 Å². The van der Waals surface area contributed by atoms with Crippen molar-refractivity contribution in [2.24, 2.45) is 23.8 Å². The van der Waals surface area contributed by atoms with Gasteiger partial charge in [-0.3, -0.25) is 19.5 Å². The molecule has 5 heterocycles. The number of ketones is 1. The fraction of sp³-hybridized carbons (Fsp3) is 0.517. The van der Waals surface area contributed by atoms with E-state index in [9.17, 15) is 0 Å². The minimum absolute atomic E-state index is 0.0343. The molecule has 2 N–H and O–H groups in total. The smallest absolute Gasteiger partial charge is 0.170 e. The van der Waals surface area contributed by atoms with Crippen LogP contribution in [0.25, 0.3) is 11.3 Å². The van der Waals surface area contributed by atoms with Gasteiger partial charge in [0, 0.05) is 97.8 Å². The Bertz CT molecular complexity index is 2730. The van der Waals surface area contributed by atoms with Crippen LogP contribution in [0, 0.1) is 28.4 Å². The third-order valence-corrected chi connectivity index (χ3v) is 18.3. The molecule has 5 aromatic rings. The normalized spacial score (nSPS) is 31.8. The maximum atomic E-state index is 17.4. The summed E-state index contributed by atoms with van der Waals surface area (Å²) in [6.07, 6.45) is 5.48. The van der Waals surface area contributed by atoms with Crippen LogP contribution in [-0.2, 0) is 42.5 Å². The lowest BCUT2D eigenvalue weighted by molar-refractivity contribution is -0.154. The van der Waals surface area contributed by atoms with Gasteiger partial charge in [0.25, 0.3) is 0 Å². The second kappa shape index (κ2) is 20.3. The first-order valence-corrected chi connectivity index (χ1v) is 26.4. The zero-order valence-corrected chi connectivity index (χ0v) is 44.2. The third-order valence-electron chi connectivity index (χ3n) is 18.1. The maximum Gasteiger partial charge on any atom is 0.170 e. The summed E-state index contributed by atoms with van der Waals surface area (Å²) in [6, 6.07) is 27.0. The van der Waals surface area contributed by atoms with Gasteiger partial charge in [-0.15, -0.1) is 0 Å². The molecule has 5 aliphatic rings. The number of likely N-dealkylation sites (tertiary alicyclic amines) is 2. The quantitative estimate of drug-likeness (QED) is 0.113. The highest BCUT2D eigenvalue weighted by Crippen LogP contribution is 2.63. The Morgan fingerprint density at radius 2 is 1.58 bits per heavy atom. The van der Waals surface area contributed by atoms with Crippen LogP contribution in [0.3, 0.4) is 0 Å². The number of hydrogen-bond acceptors (Lipinski definition) is 10. The van der Waals surface area contributed by atoms with Gasteiger partial charge in [-0.05, 0) is 140 Å². The van der Waals surface area contributed by atoms with Crippen LogP contribution in [0.15, 0.2) is 97.2 Å². The highest BCUT2D eigenvalue weighted by molar-refractivity contribution is 6.30. The van der Waals surface area contributed by atoms with Gasteiger partial charge >= 0.3 is 0 Å². The number of benzene rings is 4. The molecule has 384 valence electrons. The summed E-state index contributed by atoms with van der Waals surface area (Å²) in [4.78, 5) is 31.6. The minimum atomic E-state index is -0.926. The van der Waals surface area contributed by atoms with Gasteiger partial charge in [0.15, 0.2) is 17.3 Å². The molecule has 4 aliphatic heterocycles. The van der Waals surface area contributed by atoms with Crippen LogP contribution >= 0.6 is 11.6 Å². The Kier molecular flexibility index (Phi) is 14.3. The SMILES string of the molecule is CCC12C(=O)C34C5C[C@H](Cc6ccc(Cl)cc6)N(C)C3[C@@H](COC)NC4[C@H](C)N(Cc3c(F)ccc(F)c3Oc3ccc(-c4cnc(CN(C)C)n4C)cc3)C1C[C@@H](Cc1ccccc1)C2N(C)[C@@H](C)CN5. The molecule has 11 nitrogen and oxygen atoms in total.